The molecule has 1 aliphatic rings. The molecule has 0 aromatic carbocycles. The Bertz CT molecular complexity index is 525. The number of nitrogens with one attached hydrogen (secondary N) is 3. The van der Waals surface area contributed by atoms with E-state index in [9.17, 15) is 19.2 Å². The Morgan fingerprint density at radius 3 is 2.40 bits per heavy atom. The number of ether oxygens (including phenoxy) is 1. The van der Waals surface area contributed by atoms with Gasteiger partial charge >= 0.3 is 6.09 Å². The summed E-state index contributed by atoms with van der Waals surface area (Å²) in [6, 6.07) is -1.74. The summed E-state index contributed by atoms with van der Waals surface area (Å²) >= 11 is 0. The van der Waals surface area contributed by atoms with Crippen LogP contribution in [0.3, 0.4) is 0 Å². The highest BCUT2D eigenvalue weighted by atomic mass is 16.6. The first kappa shape index (κ1) is 20.9. The maximum absolute atomic E-state index is 12.5. The molecule has 1 rings (SSSR count). The minimum atomic E-state index is -0.880. The second-order valence-corrected chi connectivity index (χ2v) is 7.55. The monoisotopic (exact) mass is 355 g/mol. The van der Waals surface area contributed by atoms with Crippen LogP contribution in [0.5, 0.6) is 0 Å². The molecule has 0 aromatic rings. The Hall–Kier alpha value is -2.12. The van der Waals surface area contributed by atoms with Crippen LogP contribution in [-0.4, -0.2) is 47.9 Å². The van der Waals surface area contributed by atoms with Crippen molar-refractivity contribution in [1.29, 1.82) is 0 Å². The molecule has 3 N–H and O–H groups in total. The van der Waals surface area contributed by atoms with E-state index in [1.807, 2.05) is 0 Å². The van der Waals surface area contributed by atoms with Gasteiger partial charge in [-0.3, -0.25) is 14.4 Å². The molecule has 8 nitrogen and oxygen atoms in total. The Morgan fingerprint density at radius 1 is 1.20 bits per heavy atom. The number of hydrogen-bond acceptors (Lipinski definition) is 5. The zero-order valence-electron chi connectivity index (χ0n) is 15.6. The van der Waals surface area contributed by atoms with Crippen molar-refractivity contribution in [3.8, 4) is 0 Å². The van der Waals surface area contributed by atoms with Gasteiger partial charge in [-0.25, -0.2) is 4.79 Å². The van der Waals surface area contributed by atoms with Gasteiger partial charge in [0.15, 0.2) is 0 Å². The van der Waals surface area contributed by atoms with Gasteiger partial charge < -0.3 is 20.7 Å². The van der Waals surface area contributed by atoms with Gasteiger partial charge in [-0.2, -0.15) is 0 Å². The van der Waals surface area contributed by atoms with E-state index in [1.54, 1.807) is 34.6 Å². The lowest BCUT2D eigenvalue weighted by Crippen LogP contribution is -2.56. The van der Waals surface area contributed by atoms with Gasteiger partial charge in [0.1, 0.15) is 11.6 Å². The highest BCUT2D eigenvalue weighted by Gasteiger charge is 2.32. The van der Waals surface area contributed by atoms with Gasteiger partial charge in [0.05, 0.1) is 6.04 Å². The SMILES string of the molecule is CC(C)C(NC(=O)OC(C)(C)C)C(=O)NC1CCCCNC(=O)C1=O. The third-order valence-electron chi connectivity index (χ3n) is 3.68. The molecule has 25 heavy (non-hydrogen) atoms. The van der Waals surface area contributed by atoms with Gasteiger partial charge in [0.2, 0.25) is 11.7 Å². The van der Waals surface area contributed by atoms with Crippen molar-refractivity contribution in [2.24, 2.45) is 5.92 Å². The normalized spacial score (nSPS) is 20.2. The molecule has 1 saturated heterocycles. The van der Waals surface area contributed by atoms with Gasteiger partial charge in [0.25, 0.3) is 5.91 Å². The zero-order chi connectivity index (χ0) is 19.2. The number of carbonyl (C=O) groups excluding carboxylic acids is 4. The largest absolute Gasteiger partial charge is 0.444 e. The van der Waals surface area contributed by atoms with Crippen molar-refractivity contribution in [3.63, 3.8) is 0 Å². The fourth-order valence-corrected chi connectivity index (χ4v) is 2.42. The summed E-state index contributed by atoms with van der Waals surface area (Å²) in [5, 5.41) is 7.65. The molecule has 142 valence electrons. The Morgan fingerprint density at radius 2 is 1.84 bits per heavy atom. The number of rotatable bonds is 4. The molecule has 8 heteroatoms. The molecule has 1 aliphatic heterocycles. The maximum atomic E-state index is 12.5. The lowest BCUT2D eigenvalue weighted by atomic mass is 9.99. The topological polar surface area (TPSA) is 114 Å². The first-order chi connectivity index (χ1) is 11.5. The molecule has 0 bridgehead atoms. The second kappa shape index (κ2) is 8.82. The van der Waals surface area contributed by atoms with Crippen molar-refractivity contribution in [2.45, 2.75) is 71.6 Å². The average molecular weight is 355 g/mol. The molecule has 0 aromatic heterocycles. The van der Waals surface area contributed by atoms with Crippen LogP contribution in [0.2, 0.25) is 0 Å². The summed E-state index contributed by atoms with van der Waals surface area (Å²) in [5.41, 5.74) is -0.685. The molecule has 2 unspecified atom stereocenters. The number of amides is 3. The summed E-state index contributed by atoms with van der Waals surface area (Å²) < 4.78 is 5.17. The lowest BCUT2D eigenvalue weighted by Gasteiger charge is -2.27. The first-order valence-corrected chi connectivity index (χ1v) is 8.63. The highest BCUT2D eigenvalue weighted by Crippen LogP contribution is 2.10. The molecule has 0 aliphatic carbocycles. The number of Topliss-reactive ketones (excluding diaryl/α,β-unsaturated/α-hetero) is 1. The van der Waals surface area contributed by atoms with Crippen LogP contribution < -0.4 is 16.0 Å². The van der Waals surface area contributed by atoms with Crippen molar-refractivity contribution < 1.29 is 23.9 Å². The molecule has 1 heterocycles. The Labute approximate surface area is 148 Å². The summed E-state index contributed by atoms with van der Waals surface area (Å²) in [6.45, 7) is 9.18. The van der Waals surface area contributed by atoms with Gasteiger partial charge in [-0.1, -0.05) is 13.8 Å². The third kappa shape index (κ3) is 7.11. The second-order valence-electron chi connectivity index (χ2n) is 7.55. The van der Waals surface area contributed by atoms with Crippen LogP contribution >= 0.6 is 0 Å². The quantitative estimate of drug-likeness (QED) is 0.648. The van der Waals surface area contributed by atoms with Crippen molar-refractivity contribution in [3.05, 3.63) is 0 Å². The van der Waals surface area contributed by atoms with Crippen molar-refractivity contribution in [1.82, 2.24) is 16.0 Å². The molecular formula is C17H29N3O5. The molecule has 1 fully saturated rings. The van der Waals surface area contributed by atoms with Crippen molar-refractivity contribution in [2.75, 3.05) is 6.54 Å². The smallest absolute Gasteiger partial charge is 0.408 e. The standard InChI is InChI=1S/C17H29N3O5/c1-10(2)12(20-16(24)25-17(3,4)5)14(22)19-11-8-6-7-9-18-15(23)13(11)21/h10-12H,6-9H2,1-5H3,(H,18,23)(H,19,22)(H,20,24). The van der Waals surface area contributed by atoms with Crippen LogP contribution in [0.25, 0.3) is 0 Å². The number of hydrogen-bond donors (Lipinski definition) is 3. The third-order valence-corrected chi connectivity index (χ3v) is 3.68. The molecule has 3 amide bonds. The molecule has 0 radical (unpaired) electrons. The summed E-state index contributed by atoms with van der Waals surface area (Å²) in [6.07, 6.45) is 1.15. The Balaban J connectivity index is 2.76. The van der Waals surface area contributed by atoms with E-state index >= 15 is 0 Å². The summed E-state index contributed by atoms with van der Waals surface area (Å²) in [5.74, 6) is -2.07. The van der Waals surface area contributed by atoms with E-state index in [4.69, 9.17) is 4.74 Å². The summed E-state index contributed by atoms with van der Waals surface area (Å²) in [7, 11) is 0. The maximum Gasteiger partial charge on any atom is 0.408 e. The fraction of sp³-hybridized carbons (Fsp3) is 0.765. The van der Waals surface area contributed by atoms with Crippen LogP contribution in [0.4, 0.5) is 4.79 Å². The first-order valence-electron chi connectivity index (χ1n) is 8.63. The van der Waals surface area contributed by atoms with E-state index in [-0.39, 0.29) is 5.92 Å². The van der Waals surface area contributed by atoms with Gasteiger partial charge in [0, 0.05) is 6.54 Å². The fourth-order valence-electron chi connectivity index (χ4n) is 2.42. The van der Waals surface area contributed by atoms with E-state index < -0.39 is 41.4 Å². The van der Waals surface area contributed by atoms with Crippen LogP contribution in [-0.2, 0) is 19.1 Å². The van der Waals surface area contributed by atoms with E-state index in [1.165, 1.54) is 0 Å². The minimum absolute atomic E-state index is 0.218. The molecule has 2 atom stereocenters. The van der Waals surface area contributed by atoms with Crippen molar-refractivity contribution >= 4 is 23.7 Å². The Kier molecular flexibility index (Phi) is 7.38. The molecule has 0 saturated carbocycles. The number of alkyl carbamates (subject to hydrolysis) is 1. The predicted molar refractivity (Wildman–Crippen MR) is 91.8 cm³/mol. The van der Waals surface area contributed by atoms with E-state index in [0.717, 1.165) is 6.42 Å². The van der Waals surface area contributed by atoms with Crippen LogP contribution in [0.1, 0.15) is 53.9 Å². The van der Waals surface area contributed by atoms with Crippen LogP contribution in [0.15, 0.2) is 0 Å². The highest BCUT2D eigenvalue weighted by molar-refractivity contribution is 6.38. The lowest BCUT2D eigenvalue weighted by molar-refractivity contribution is -0.140. The predicted octanol–water partition coefficient (Wildman–Crippen LogP) is 0.890. The van der Waals surface area contributed by atoms with Gasteiger partial charge in [-0.15, -0.1) is 0 Å². The number of carbonyl (C=O) groups is 4. The van der Waals surface area contributed by atoms with Crippen LogP contribution in [0, 0.1) is 5.92 Å². The summed E-state index contributed by atoms with van der Waals surface area (Å²) in [4.78, 5) is 48.3. The van der Waals surface area contributed by atoms with E-state index in [0.29, 0.717) is 19.4 Å². The molecular weight excluding hydrogens is 326 g/mol. The molecule has 0 spiro atoms. The van der Waals surface area contributed by atoms with Gasteiger partial charge in [-0.05, 0) is 46.0 Å². The minimum Gasteiger partial charge on any atom is -0.444 e. The zero-order valence-corrected chi connectivity index (χ0v) is 15.6. The van der Waals surface area contributed by atoms with E-state index in [2.05, 4.69) is 16.0 Å². The number of ketones is 1. The average Bonchev–Trinajstić information content (AvgIpc) is 2.46.